The molecule has 2 N–H and O–H groups in total. The van der Waals surface area contributed by atoms with E-state index in [1.54, 1.807) is 6.26 Å². The minimum absolute atomic E-state index is 0.409. The molecule has 1 saturated heterocycles. The van der Waals surface area contributed by atoms with Crippen LogP contribution in [-0.4, -0.2) is 16.7 Å². The van der Waals surface area contributed by atoms with Gasteiger partial charge in [0.05, 0.1) is 18.1 Å². The highest BCUT2D eigenvalue weighted by molar-refractivity contribution is 5.13. The number of nitrogens with one attached hydrogen (secondary N) is 1. The Bertz CT molecular complexity index is 353. The second kappa shape index (κ2) is 5.45. The molecule has 18 heavy (non-hydrogen) atoms. The van der Waals surface area contributed by atoms with Gasteiger partial charge in [0.25, 0.3) is 0 Å². The smallest absolute Gasteiger partial charge is 0.0950 e. The molecule has 0 aliphatic carbocycles. The molecule has 0 unspecified atom stereocenters. The van der Waals surface area contributed by atoms with Crippen molar-refractivity contribution in [1.29, 1.82) is 0 Å². The molecular formula is C15H25NO2. The fourth-order valence-corrected chi connectivity index (χ4v) is 2.75. The van der Waals surface area contributed by atoms with Crippen LogP contribution in [0.15, 0.2) is 23.0 Å². The zero-order valence-electron chi connectivity index (χ0n) is 11.6. The number of furan rings is 1. The SMILES string of the molecule is C[C@@H]1CC[C@@H](c2ccoc2)N[C@H]1CCC(C)(C)O. The molecule has 0 amide bonds. The first-order chi connectivity index (χ1) is 8.46. The second-order valence-electron chi connectivity index (χ2n) is 6.29. The van der Waals surface area contributed by atoms with Gasteiger partial charge in [-0.25, -0.2) is 0 Å². The van der Waals surface area contributed by atoms with Gasteiger partial charge in [0.1, 0.15) is 0 Å². The van der Waals surface area contributed by atoms with Crippen molar-refractivity contribution in [2.75, 3.05) is 0 Å². The third kappa shape index (κ3) is 3.59. The highest BCUT2D eigenvalue weighted by atomic mass is 16.3. The van der Waals surface area contributed by atoms with Crippen LogP contribution in [0.25, 0.3) is 0 Å². The molecule has 1 aliphatic heterocycles. The first-order valence-electron chi connectivity index (χ1n) is 6.96. The van der Waals surface area contributed by atoms with E-state index in [0.717, 1.165) is 12.8 Å². The lowest BCUT2D eigenvalue weighted by atomic mass is 9.83. The van der Waals surface area contributed by atoms with Crippen molar-refractivity contribution in [3.05, 3.63) is 24.2 Å². The Hall–Kier alpha value is -0.800. The first-order valence-corrected chi connectivity index (χ1v) is 6.96. The van der Waals surface area contributed by atoms with E-state index in [1.165, 1.54) is 18.4 Å². The summed E-state index contributed by atoms with van der Waals surface area (Å²) in [5.41, 5.74) is 0.680. The fraction of sp³-hybridized carbons (Fsp3) is 0.733. The van der Waals surface area contributed by atoms with Crippen molar-refractivity contribution in [3.8, 4) is 0 Å². The monoisotopic (exact) mass is 251 g/mol. The Morgan fingerprint density at radius 3 is 2.83 bits per heavy atom. The number of hydrogen-bond donors (Lipinski definition) is 2. The lowest BCUT2D eigenvalue weighted by Crippen LogP contribution is -2.43. The van der Waals surface area contributed by atoms with Gasteiger partial charge >= 0.3 is 0 Å². The third-order valence-corrected chi connectivity index (χ3v) is 4.03. The number of aliphatic hydroxyl groups is 1. The van der Waals surface area contributed by atoms with Crippen LogP contribution in [0.3, 0.4) is 0 Å². The Balaban J connectivity index is 1.93. The lowest BCUT2D eigenvalue weighted by Gasteiger charge is -2.36. The minimum Gasteiger partial charge on any atom is -0.472 e. The van der Waals surface area contributed by atoms with Gasteiger partial charge < -0.3 is 14.8 Å². The van der Waals surface area contributed by atoms with Crippen molar-refractivity contribution >= 4 is 0 Å². The van der Waals surface area contributed by atoms with E-state index < -0.39 is 5.60 Å². The zero-order chi connectivity index (χ0) is 13.2. The molecule has 1 aliphatic rings. The van der Waals surface area contributed by atoms with E-state index >= 15 is 0 Å². The molecule has 3 atom stereocenters. The summed E-state index contributed by atoms with van der Waals surface area (Å²) in [7, 11) is 0. The van der Waals surface area contributed by atoms with Crippen LogP contribution in [0.4, 0.5) is 0 Å². The molecule has 0 bridgehead atoms. The second-order valence-corrected chi connectivity index (χ2v) is 6.29. The van der Waals surface area contributed by atoms with Gasteiger partial charge in [-0.3, -0.25) is 0 Å². The normalized spacial score (nSPS) is 29.4. The molecule has 3 heteroatoms. The van der Waals surface area contributed by atoms with Crippen LogP contribution in [0.5, 0.6) is 0 Å². The van der Waals surface area contributed by atoms with Crippen LogP contribution < -0.4 is 5.32 Å². The number of hydrogen-bond acceptors (Lipinski definition) is 3. The highest BCUT2D eigenvalue weighted by Crippen LogP contribution is 2.31. The zero-order valence-corrected chi connectivity index (χ0v) is 11.6. The average Bonchev–Trinajstić information content (AvgIpc) is 2.80. The summed E-state index contributed by atoms with van der Waals surface area (Å²) in [6, 6.07) is 2.94. The summed E-state index contributed by atoms with van der Waals surface area (Å²) in [5.74, 6) is 0.676. The minimum atomic E-state index is -0.565. The van der Waals surface area contributed by atoms with Gasteiger partial charge in [0, 0.05) is 17.6 Å². The molecule has 0 spiro atoms. The summed E-state index contributed by atoms with van der Waals surface area (Å²) in [4.78, 5) is 0. The van der Waals surface area contributed by atoms with Gasteiger partial charge in [0.2, 0.25) is 0 Å². The molecule has 0 saturated carbocycles. The van der Waals surface area contributed by atoms with Gasteiger partial charge in [-0.05, 0) is 51.5 Å². The Kier molecular flexibility index (Phi) is 4.13. The molecule has 2 heterocycles. The summed E-state index contributed by atoms with van der Waals surface area (Å²) in [5, 5.41) is 13.5. The van der Waals surface area contributed by atoms with Crippen LogP contribution in [0.1, 0.15) is 58.1 Å². The maximum absolute atomic E-state index is 9.84. The molecule has 1 aromatic heterocycles. The van der Waals surface area contributed by atoms with Crippen LogP contribution in [0.2, 0.25) is 0 Å². The number of piperidine rings is 1. The summed E-state index contributed by atoms with van der Waals surface area (Å²) in [6.45, 7) is 6.07. The standard InChI is InChI=1S/C15H25NO2/c1-11-4-5-14(12-7-9-18-10-12)16-13(11)6-8-15(2,3)17/h7,9-11,13-14,16-17H,4-6,8H2,1-3H3/t11-,13+,14+/m1/s1. The molecule has 3 nitrogen and oxygen atoms in total. The van der Waals surface area contributed by atoms with E-state index in [2.05, 4.69) is 12.2 Å². The summed E-state index contributed by atoms with van der Waals surface area (Å²) in [6.07, 6.45) is 7.84. The maximum Gasteiger partial charge on any atom is 0.0950 e. The highest BCUT2D eigenvalue weighted by Gasteiger charge is 2.29. The maximum atomic E-state index is 9.84. The van der Waals surface area contributed by atoms with Crippen LogP contribution in [-0.2, 0) is 0 Å². The van der Waals surface area contributed by atoms with E-state index in [4.69, 9.17) is 4.42 Å². The lowest BCUT2D eigenvalue weighted by molar-refractivity contribution is 0.0598. The molecule has 0 radical (unpaired) electrons. The number of rotatable bonds is 4. The van der Waals surface area contributed by atoms with E-state index in [0.29, 0.717) is 18.0 Å². The molecule has 102 valence electrons. The van der Waals surface area contributed by atoms with Gasteiger partial charge in [-0.2, -0.15) is 0 Å². The summed E-state index contributed by atoms with van der Waals surface area (Å²) < 4.78 is 5.16. The van der Waals surface area contributed by atoms with Gasteiger partial charge in [0.15, 0.2) is 0 Å². The predicted molar refractivity (Wildman–Crippen MR) is 72.3 cm³/mol. The van der Waals surface area contributed by atoms with Gasteiger partial charge in [-0.1, -0.05) is 6.92 Å². The van der Waals surface area contributed by atoms with Gasteiger partial charge in [-0.15, -0.1) is 0 Å². The van der Waals surface area contributed by atoms with E-state index in [-0.39, 0.29) is 0 Å². The Morgan fingerprint density at radius 2 is 2.22 bits per heavy atom. The molecule has 1 aromatic rings. The Labute approximate surface area is 110 Å². The van der Waals surface area contributed by atoms with Crippen LogP contribution in [0, 0.1) is 5.92 Å². The Morgan fingerprint density at radius 1 is 1.44 bits per heavy atom. The van der Waals surface area contributed by atoms with Crippen molar-refractivity contribution in [2.45, 2.75) is 64.1 Å². The van der Waals surface area contributed by atoms with E-state index in [9.17, 15) is 5.11 Å². The fourth-order valence-electron chi connectivity index (χ4n) is 2.75. The quantitative estimate of drug-likeness (QED) is 0.863. The molecular weight excluding hydrogens is 226 g/mol. The topological polar surface area (TPSA) is 45.4 Å². The van der Waals surface area contributed by atoms with E-state index in [1.807, 2.05) is 26.2 Å². The van der Waals surface area contributed by atoms with Crippen molar-refractivity contribution in [1.82, 2.24) is 5.32 Å². The van der Waals surface area contributed by atoms with Crippen molar-refractivity contribution in [2.24, 2.45) is 5.92 Å². The molecule has 1 fully saturated rings. The predicted octanol–water partition coefficient (Wildman–Crippen LogP) is 3.26. The first kappa shape index (κ1) is 13.6. The summed E-state index contributed by atoms with van der Waals surface area (Å²) >= 11 is 0. The van der Waals surface area contributed by atoms with Crippen molar-refractivity contribution in [3.63, 3.8) is 0 Å². The van der Waals surface area contributed by atoms with Crippen LogP contribution >= 0.6 is 0 Å². The van der Waals surface area contributed by atoms with Crippen molar-refractivity contribution < 1.29 is 9.52 Å². The largest absolute Gasteiger partial charge is 0.472 e. The average molecular weight is 251 g/mol. The molecule has 2 rings (SSSR count). The third-order valence-electron chi connectivity index (χ3n) is 4.03. The molecule has 0 aromatic carbocycles.